The Morgan fingerprint density at radius 3 is 3.19 bits per heavy atom. The van der Waals surface area contributed by atoms with Crippen LogP contribution in [-0.4, -0.2) is 28.7 Å². The number of nitro groups is 1. The van der Waals surface area contributed by atoms with E-state index in [4.69, 9.17) is 4.74 Å². The molecular formula is C9H13N3O3S. The molecule has 1 aromatic rings. The van der Waals surface area contributed by atoms with Crippen LogP contribution in [0.4, 0.5) is 10.1 Å². The van der Waals surface area contributed by atoms with E-state index in [2.05, 4.69) is 10.3 Å². The fraction of sp³-hybridized carbons (Fsp3) is 0.667. The molecule has 0 spiro atoms. The number of thiazole rings is 1. The molecule has 2 unspecified atom stereocenters. The van der Waals surface area contributed by atoms with Crippen LogP contribution in [0, 0.1) is 10.1 Å². The van der Waals surface area contributed by atoms with Crippen molar-refractivity contribution >= 4 is 21.5 Å². The summed E-state index contributed by atoms with van der Waals surface area (Å²) in [6.07, 6.45) is 3.35. The number of aromatic nitrogens is 1. The van der Waals surface area contributed by atoms with Crippen LogP contribution in [0.3, 0.4) is 0 Å². The van der Waals surface area contributed by atoms with Crippen LogP contribution in [-0.2, 0) is 4.74 Å². The molecule has 0 amide bonds. The summed E-state index contributed by atoms with van der Waals surface area (Å²) in [5.74, 6) is 0. The fourth-order valence-corrected chi connectivity index (χ4v) is 2.43. The summed E-state index contributed by atoms with van der Waals surface area (Å²) in [6, 6.07) is 0.300. The molecule has 0 radical (unpaired) electrons. The Labute approximate surface area is 96.8 Å². The van der Waals surface area contributed by atoms with Crippen LogP contribution < -0.4 is 5.32 Å². The lowest BCUT2D eigenvalue weighted by Crippen LogP contribution is -2.32. The molecule has 1 fully saturated rings. The molecule has 2 heterocycles. The topological polar surface area (TPSA) is 77.3 Å². The second-order valence-electron chi connectivity index (χ2n) is 3.81. The second-order valence-corrected chi connectivity index (χ2v) is 4.82. The molecule has 7 heteroatoms. The molecule has 2 rings (SSSR count). The van der Waals surface area contributed by atoms with Gasteiger partial charge in [0.1, 0.15) is 6.20 Å². The first kappa shape index (κ1) is 11.3. The van der Waals surface area contributed by atoms with Crippen molar-refractivity contribution in [3.8, 4) is 0 Å². The predicted molar refractivity (Wildman–Crippen MR) is 60.8 cm³/mol. The van der Waals surface area contributed by atoms with Gasteiger partial charge in [-0.25, -0.2) is 4.98 Å². The number of nitrogens with zero attached hydrogens (tertiary/aromatic N) is 2. The van der Waals surface area contributed by atoms with Crippen molar-refractivity contribution in [1.82, 2.24) is 4.98 Å². The highest BCUT2D eigenvalue weighted by Gasteiger charge is 2.21. The maximum Gasteiger partial charge on any atom is 0.345 e. The minimum absolute atomic E-state index is 0.0719. The van der Waals surface area contributed by atoms with Gasteiger partial charge in [0.15, 0.2) is 5.13 Å². The minimum atomic E-state index is -0.421. The lowest BCUT2D eigenvalue weighted by molar-refractivity contribution is -0.380. The molecule has 0 saturated carbocycles. The van der Waals surface area contributed by atoms with Crippen LogP contribution in [0.1, 0.15) is 19.8 Å². The van der Waals surface area contributed by atoms with Crippen molar-refractivity contribution in [1.29, 1.82) is 0 Å². The number of anilines is 1. The summed E-state index contributed by atoms with van der Waals surface area (Å²) in [5.41, 5.74) is 0. The molecule has 1 N–H and O–H groups in total. The van der Waals surface area contributed by atoms with Gasteiger partial charge in [0.25, 0.3) is 0 Å². The van der Waals surface area contributed by atoms with Gasteiger partial charge in [0.05, 0.1) is 11.0 Å². The second kappa shape index (κ2) is 4.75. The number of hydrogen-bond donors (Lipinski definition) is 1. The first-order valence-corrected chi connectivity index (χ1v) is 5.95. The Kier molecular flexibility index (Phi) is 3.35. The van der Waals surface area contributed by atoms with Crippen molar-refractivity contribution in [2.45, 2.75) is 31.9 Å². The SMILES string of the molecule is CC1CC(Nc2ncc([N+](=O)[O-])s2)CCO1. The van der Waals surface area contributed by atoms with E-state index in [9.17, 15) is 10.1 Å². The third kappa shape index (κ3) is 2.67. The highest BCUT2D eigenvalue weighted by atomic mass is 32.1. The Balaban J connectivity index is 1.95. The highest BCUT2D eigenvalue weighted by molar-refractivity contribution is 7.18. The third-order valence-electron chi connectivity index (χ3n) is 2.49. The molecule has 0 aromatic carbocycles. The van der Waals surface area contributed by atoms with Crippen LogP contribution in [0.2, 0.25) is 0 Å². The van der Waals surface area contributed by atoms with Gasteiger partial charge in [-0.3, -0.25) is 10.1 Å². The van der Waals surface area contributed by atoms with E-state index >= 15 is 0 Å². The van der Waals surface area contributed by atoms with E-state index in [1.165, 1.54) is 6.20 Å². The summed E-state index contributed by atoms with van der Waals surface area (Å²) >= 11 is 1.07. The van der Waals surface area contributed by atoms with E-state index in [1.54, 1.807) is 0 Å². The molecule has 88 valence electrons. The summed E-state index contributed by atoms with van der Waals surface area (Å²) in [6.45, 7) is 2.75. The van der Waals surface area contributed by atoms with E-state index in [-0.39, 0.29) is 11.1 Å². The molecule has 6 nitrogen and oxygen atoms in total. The monoisotopic (exact) mass is 243 g/mol. The first-order chi connectivity index (χ1) is 7.65. The Morgan fingerprint density at radius 1 is 1.75 bits per heavy atom. The van der Waals surface area contributed by atoms with E-state index < -0.39 is 4.92 Å². The molecule has 0 bridgehead atoms. The summed E-state index contributed by atoms with van der Waals surface area (Å²) < 4.78 is 5.42. The van der Waals surface area contributed by atoms with Gasteiger partial charge in [0, 0.05) is 12.6 Å². The van der Waals surface area contributed by atoms with Gasteiger partial charge >= 0.3 is 5.00 Å². The van der Waals surface area contributed by atoms with Gasteiger partial charge in [-0.05, 0) is 31.1 Å². The van der Waals surface area contributed by atoms with Crippen molar-refractivity contribution in [3.05, 3.63) is 16.3 Å². The Hall–Kier alpha value is -1.21. The molecule has 1 aromatic heterocycles. The minimum Gasteiger partial charge on any atom is -0.378 e. The number of ether oxygens (including phenoxy) is 1. The lowest BCUT2D eigenvalue weighted by Gasteiger charge is -2.27. The van der Waals surface area contributed by atoms with E-state index in [0.29, 0.717) is 11.2 Å². The highest BCUT2D eigenvalue weighted by Crippen LogP contribution is 2.27. The Morgan fingerprint density at radius 2 is 2.56 bits per heavy atom. The average Bonchev–Trinajstić information content (AvgIpc) is 2.66. The molecule has 16 heavy (non-hydrogen) atoms. The van der Waals surface area contributed by atoms with Crippen LogP contribution in [0.25, 0.3) is 0 Å². The summed E-state index contributed by atoms with van der Waals surface area (Å²) in [7, 11) is 0. The van der Waals surface area contributed by atoms with E-state index in [0.717, 1.165) is 30.8 Å². The maximum atomic E-state index is 10.5. The quantitative estimate of drug-likeness (QED) is 0.649. The van der Waals surface area contributed by atoms with Gasteiger partial charge in [-0.15, -0.1) is 0 Å². The van der Waals surface area contributed by atoms with Crippen molar-refractivity contribution in [3.63, 3.8) is 0 Å². The van der Waals surface area contributed by atoms with Crippen LogP contribution in [0.15, 0.2) is 6.20 Å². The molecular weight excluding hydrogens is 230 g/mol. The third-order valence-corrected chi connectivity index (χ3v) is 3.37. The number of hydrogen-bond acceptors (Lipinski definition) is 6. The van der Waals surface area contributed by atoms with Crippen LogP contribution >= 0.6 is 11.3 Å². The largest absolute Gasteiger partial charge is 0.378 e. The molecule has 2 atom stereocenters. The van der Waals surface area contributed by atoms with Crippen molar-refractivity contribution in [2.75, 3.05) is 11.9 Å². The predicted octanol–water partition coefficient (Wildman–Crippen LogP) is 2.03. The lowest BCUT2D eigenvalue weighted by atomic mass is 10.1. The van der Waals surface area contributed by atoms with Gasteiger partial charge in [0.2, 0.25) is 0 Å². The van der Waals surface area contributed by atoms with Crippen molar-refractivity contribution < 1.29 is 9.66 Å². The van der Waals surface area contributed by atoms with Gasteiger partial charge in [-0.2, -0.15) is 0 Å². The fourth-order valence-electron chi connectivity index (χ4n) is 1.72. The Bertz CT molecular complexity index is 382. The summed E-state index contributed by atoms with van der Waals surface area (Å²) in [4.78, 5) is 14.0. The zero-order valence-electron chi connectivity index (χ0n) is 8.88. The molecule has 0 aliphatic carbocycles. The first-order valence-electron chi connectivity index (χ1n) is 5.13. The van der Waals surface area contributed by atoms with Gasteiger partial charge < -0.3 is 10.1 Å². The maximum absolute atomic E-state index is 10.5. The normalized spacial score (nSPS) is 25.3. The summed E-state index contributed by atoms with van der Waals surface area (Å²) in [5, 5.41) is 14.4. The molecule has 1 saturated heterocycles. The number of rotatable bonds is 3. The number of nitrogens with one attached hydrogen (secondary N) is 1. The average molecular weight is 243 g/mol. The zero-order valence-corrected chi connectivity index (χ0v) is 9.70. The van der Waals surface area contributed by atoms with Crippen LogP contribution in [0.5, 0.6) is 0 Å². The smallest absolute Gasteiger partial charge is 0.345 e. The zero-order chi connectivity index (χ0) is 11.5. The standard InChI is InChI=1S/C9H13N3O3S/c1-6-4-7(2-3-15-6)11-9-10-5-8(16-9)12(13)14/h5-7H,2-4H2,1H3,(H,10,11). The molecule has 1 aliphatic rings. The van der Waals surface area contributed by atoms with E-state index in [1.807, 2.05) is 6.92 Å². The van der Waals surface area contributed by atoms with Gasteiger partial charge in [-0.1, -0.05) is 0 Å². The van der Waals surface area contributed by atoms with Crippen molar-refractivity contribution in [2.24, 2.45) is 0 Å². The molecule has 1 aliphatic heterocycles.